The third-order valence-electron chi connectivity index (χ3n) is 4.96. The molecule has 0 unspecified atom stereocenters. The molecule has 7 nitrogen and oxygen atoms in total. The first-order chi connectivity index (χ1) is 15.4. The SMILES string of the molecule is COc1ccc(-c2nc(C)c(C(=O)OCc3cc(=O)oc4cc(C)ccc34)s2)cc1OC. The lowest BCUT2D eigenvalue weighted by molar-refractivity contribution is 0.0478. The van der Waals surface area contributed by atoms with Gasteiger partial charge in [0.1, 0.15) is 22.1 Å². The number of aryl methyl sites for hydroxylation is 2. The highest BCUT2D eigenvalue weighted by molar-refractivity contribution is 7.17. The Bertz CT molecular complexity index is 1370. The number of methoxy groups -OCH3 is 2. The van der Waals surface area contributed by atoms with Gasteiger partial charge in [-0.05, 0) is 43.7 Å². The minimum atomic E-state index is -0.500. The van der Waals surface area contributed by atoms with Crippen LogP contribution < -0.4 is 15.1 Å². The summed E-state index contributed by atoms with van der Waals surface area (Å²) in [5.74, 6) is 0.686. The number of fused-ring (bicyclic) bond motifs is 1. The van der Waals surface area contributed by atoms with Crippen LogP contribution in [-0.2, 0) is 11.3 Å². The van der Waals surface area contributed by atoms with Crippen LogP contribution in [0.4, 0.5) is 0 Å². The Kier molecular flexibility index (Phi) is 5.96. The van der Waals surface area contributed by atoms with Crippen LogP contribution in [0.2, 0.25) is 0 Å². The summed E-state index contributed by atoms with van der Waals surface area (Å²) < 4.78 is 21.4. The average Bonchev–Trinajstić information content (AvgIpc) is 3.17. The molecule has 0 aliphatic rings. The molecule has 2 aromatic carbocycles. The zero-order valence-corrected chi connectivity index (χ0v) is 18.9. The van der Waals surface area contributed by atoms with Gasteiger partial charge < -0.3 is 18.6 Å². The summed E-state index contributed by atoms with van der Waals surface area (Å²) in [6.45, 7) is 3.62. The molecule has 4 rings (SSSR count). The average molecular weight is 452 g/mol. The standard InChI is InChI=1S/C24H21NO6S/c1-13-5-7-17-16(11-21(26)31-19(17)9-13)12-30-24(27)22-14(2)25-23(32-22)15-6-8-18(28-3)20(10-15)29-4/h5-11H,12H2,1-4H3. The van der Waals surface area contributed by atoms with Crippen LogP contribution in [0.5, 0.6) is 11.5 Å². The van der Waals surface area contributed by atoms with Crippen molar-refractivity contribution < 1.29 is 23.4 Å². The fourth-order valence-electron chi connectivity index (χ4n) is 3.34. The quantitative estimate of drug-likeness (QED) is 0.304. The Morgan fingerprint density at radius 1 is 1.03 bits per heavy atom. The van der Waals surface area contributed by atoms with Crippen molar-refractivity contribution in [2.45, 2.75) is 20.5 Å². The van der Waals surface area contributed by atoms with Crippen LogP contribution in [0.1, 0.15) is 26.5 Å². The highest BCUT2D eigenvalue weighted by Gasteiger charge is 2.19. The number of thiazole rings is 1. The van der Waals surface area contributed by atoms with E-state index in [1.54, 1.807) is 33.3 Å². The van der Waals surface area contributed by atoms with Gasteiger partial charge in [-0.1, -0.05) is 12.1 Å². The van der Waals surface area contributed by atoms with Crippen LogP contribution in [0.3, 0.4) is 0 Å². The van der Waals surface area contributed by atoms with E-state index in [1.807, 2.05) is 31.2 Å². The van der Waals surface area contributed by atoms with Crippen molar-refractivity contribution in [1.29, 1.82) is 0 Å². The molecule has 0 saturated heterocycles. The molecule has 0 spiro atoms. The number of carbonyl (C=O) groups excluding carboxylic acids is 1. The van der Waals surface area contributed by atoms with E-state index in [0.29, 0.717) is 38.2 Å². The maximum Gasteiger partial charge on any atom is 0.350 e. The lowest BCUT2D eigenvalue weighted by Crippen LogP contribution is -2.07. The van der Waals surface area contributed by atoms with Gasteiger partial charge in [0.15, 0.2) is 11.5 Å². The normalized spacial score (nSPS) is 10.9. The van der Waals surface area contributed by atoms with Gasteiger partial charge in [-0.25, -0.2) is 14.6 Å². The first kappa shape index (κ1) is 21.6. The molecule has 0 amide bonds. The fourth-order valence-corrected chi connectivity index (χ4v) is 4.30. The number of esters is 1. The molecule has 4 aromatic rings. The second-order valence-corrected chi connectivity index (χ2v) is 8.17. The van der Waals surface area contributed by atoms with E-state index in [-0.39, 0.29) is 6.61 Å². The summed E-state index contributed by atoms with van der Waals surface area (Å²) in [7, 11) is 3.13. The molecule has 0 radical (unpaired) electrons. The monoisotopic (exact) mass is 451 g/mol. The number of ether oxygens (including phenoxy) is 3. The highest BCUT2D eigenvalue weighted by atomic mass is 32.1. The molecule has 2 heterocycles. The van der Waals surface area contributed by atoms with Crippen molar-refractivity contribution in [3.05, 3.63) is 74.6 Å². The Morgan fingerprint density at radius 3 is 2.56 bits per heavy atom. The molecule has 8 heteroatoms. The molecule has 0 fully saturated rings. The molecule has 0 aliphatic heterocycles. The number of hydrogen-bond donors (Lipinski definition) is 0. The van der Waals surface area contributed by atoms with E-state index in [1.165, 1.54) is 17.4 Å². The highest BCUT2D eigenvalue weighted by Crippen LogP contribution is 2.35. The van der Waals surface area contributed by atoms with Crippen LogP contribution in [0, 0.1) is 13.8 Å². The van der Waals surface area contributed by atoms with Gasteiger partial charge in [-0.2, -0.15) is 0 Å². The van der Waals surface area contributed by atoms with Crippen molar-refractivity contribution in [2.24, 2.45) is 0 Å². The summed E-state index contributed by atoms with van der Waals surface area (Å²) in [6, 6.07) is 12.3. The van der Waals surface area contributed by atoms with Crippen molar-refractivity contribution >= 4 is 28.3 Å². The van der Waals surface area contributed by atoms with Crippen LogP contribution in [-0.4, -0.2) is 25.2 Å². The fraction of sp³-hybridized carbons (Fsp3) is 0.208. The van der Waals surface area contributed by atoms with Gasteiger partial charge >= 0.3 is 11.6 Å². The first-order valence-electron chi connectivity index (χ1n) is 9.80. The molecule has 0 bridgehead atoms. The van der Waals surface area contributed by atoms with Gasteiger partial charge in [0.25, 0.3) is 0 Å². The maximum atomic E-state index is 12.8. The molecule has 0 N–H and O–H groups in total. The minimum absolute atomic E-state index is 0.0486. The third-order valence-corrected chi connectivity index (χ3v) is 6.14. The molecule has 32 heavy (non-hydrogen) atoms. The van der Waals surface area contributed by atoms with Crippen LogP contribution in [0.15, 0.2) is 51.7 Å². The smallest absolute Gasteiger partial charge is 0.350 e. The van der Waals surface area contributed by atoms with Crippen molar-refractivity contribution in [2.75, 3.05) is 14.2 Å². The van der Waals surface area contributed by atoms with E-state index in [4.69, 9.17) is 18.6 Å². The van der Waals surface area contributed by atoms with Gasteiger partial charge in [0, 0.05) is 22.6 Å². The maximum absolute atomic E-state index is 12.8. The largest absolute Gasteiger partial charge is 0.493 e. The summed E-state index contributed by atoms with van der Waals surface area (Å²) in [5, 5.41) is 1.40. The number of benzene rings is 2. The summed E-state index contributed by atoms with van der Waals surface area (Å²) in [4.78, 5) is 29.6. The zero-order chi connectivity index (χ0) is 22.8. The Balaban J connectivity index is 1.57. The van der Waals surface area contributed by atoms with Crippen LogP contribution in [0.25, 0.3) is 21.5 Å². The van der Waals surface area contributed by atoms with Gasteiger partial charge in [0.2, 0.25) is 0 Å². The lowest BCUT2D eigenvalue weighted by atomic mass is 10.1. The molecule has 164 valence electrons. The number of hydrogen-bond acceptors (Lipinski definition) is 8. The summed E-state index contributed by atoms with van der Waals surface area (Å²) in [5.41, 5.74) is 2.91. The Hall–Kier alpha value is -3.65. The number of nitrogens with zero attached hydrogens (tertiary/aromatic N) is 1. The van der Waals surface area contributed by atoms with Gasteiger partial charge in [-0.15, -0.1) is 11.3 Å². The second kappa shape index (κ2) is 8.84. The lowest BCUT2D eigenvalue weighted by Gasteiger charge is -2.08. The first-order valence-corrected chi connectivity index (χ1v) is 10.6. The van der Waals surface area contributed by atoms with E-state index >= 15 is 0 Å². The second-order valence-electron chi connectivity index (χ2n) is 7.17. The number of carbonyl (C=O) groups is 1. The van der Waals surface area contributed by atoms with E-state index < -0.39 is 11.6 Å². The molecule has 2 aromatic heterocycles. The topological polar surface area (TPSA) is 87.9 Å². The predicted molar refractivity (Wildman–Crippen MR) is 122 cm³/mol. The Morgan fingerprint density at radius 2 is 1.81 bits per heavy atom. The Labute approximate surface area is 188 Å². The van der Waals surface area contributed by atoms with Gasteiger partial charge in [-0.3, -0.25) is 0 Å². The molecular weight excluding hydrogens is 430 g/mol. The van der Waals surface area contributed by atoms with Crippen molar-refractivity contribution in [1.82, 2.24) is 4.98 Å². The zero-order valence-electron chi connectivity index (χ0n) is 18.1. The van der Waals surface area contributed by atoms with E-state index in [9.17, 15) is 9.59 Å². The van der Waals surface area contributed by atoms with Crippen molar-refractivity contribution in [3.8, 4) is 22.1 Å². The van der Waals surface area contributed by atoms with E-state index in [2.05, 4.69) is 4.98 Å². The third kappa shape index (κ3) is 4.22. The molecule has 0 aliphatic carbocycles. The molecule has 0 saturated carbocycles. The van der Waals surface area contributed by atoms with E-state index in [0.717, 1.165) is 16.5 Å². The summed E-state index contributed by atoms with van der Waals surface area (Å²) >= 11 is 1.23. The number of rotatable bonds is 6. The van der Waals surface area contributed by atoms with Crippen molar-refractivity contribution in [3.63, 3.8) is 0 Å². The number of aromatic nitrogens is 1. The predicted octanol–water partition coefficient (Wildman–Crippen LogP) is 4.91. The van der Waals surface area contributed by atoms with Gasteiger partial charge in [0.05, 0.1) is 19.9 Å². The molecule has 0 atom stereocenters. The minimum Gasteiger partial charge on any atom is -0.493 e. The van der Waals surface area contributed by atoms with Crippen LogP contribution >= 0.6 is 11.3 Å². The molecular formula is C24H21NO6S. The summed E-state index contributed by atoms with van der Waals surface area (Å²) in [6.07, 6.45) is 0.